The van der Waals surface area contributed by atoms with Crippen LogP contribution in [0.2, 0.25) is 0 Å². The van der Waals surface area contributed by atoms with Crippen LogP contribution in [0.15, 0.2) is 0 Å². The van der Waals surface area contributed by atoms with Gasteiger partial charge < -0.3 is 4.90 Å². The Hall–Kier alpha value is 0.440. The van der Waals surface area contributed by atoms with E-state index in [2.05, 4.69) is 41.6 Å². The molecule has 12 heavy (non-hydrogen) atoms. The van der Waals surface area contributed by atoms with Gasteiger partial charge in [-0.05, 0) is 38.4 Å². The lowest BCUT2D eigenvalue weighted by molar-refractivity contribution is 0.272. The first kappa shape index (κ1) is 12.4. The molecular weight excluding hydrogens is 214 g/mol. The SMILES string of the molecule is CCN(CCCBr)CCC(C)C. The van der Waals surface area contributed by atoms with Crippen LogP contribution >= 0.6 is 15.9 Å². The quantitative estimate of drug-likeness (QED) is 0.614. The van der Waals surface area contributed by atoms with Crippen LogP contribution in [0, 0.1) is 5.92 Å². The van der Waals surface area contributed by atoms with E-state index >= 15 is 0 Å². The van der Waals surface area contributed by atoms with Crippen LogP contribution in [0.3, 0.4) is 0 Å². The molecule has 0 fully saturated rings. The number of rotatable bonds is 7. The molecule has 0 bridgehead atoms. The van der Waals surface area contributed by atoms with Crippen LogP contribution < -0.4 is 0 Å². The highest BCUT2D eigenvalue weighted by atomic mass is 79.9. The molecule has 0 radical (unpaired) electrons. The van der Waals surface area contributed by atoms with Crippen LogP contribution in [-0.4, -0.2) is 29.9 Å². The maximum atomic E-state index is 3.46. The highest BCUT2D eigenvalue weighted by molar-refractivity contribution is 9.09. The summed E-state index contributed by atoms with van der Waals surface area (Å²) in [5.41, 5.74) is 0. The fraction of sp³-hybridized carbons (Fsp3) is 1.00. The summed E-state index contributed by atoms with van der Waals surface area (Å²) >= 11 is 3.46. The van der Waals surface area contributed by atoms with E-state index in [-0.39, 0.29) is 0 Å². The molecule has 0 N–H and O–H groups in total. The zero-order valence-corrected chi connectivity index (χ0v) is 10.2. The van der Waals surface area contributed by atoms with Gasteiger partial charge in [-0.1, -0.05) is 36.7 Å². The summed E-state index contributed by atoms with van der Waals surface area (Å²) in [6, 6.07) is 0. The largest absolute Gasteiger partial charge is 0.304 e. The molecule has 0 unspecified atom stereocenters. The van der Waals surface area contributed by atoms with Crippen LogP contribution in [0.5, 0.6) is 0 Å². The summed E-state index contributed by atoms with van der Waals surface area (Å²) in [6.45, 7) is 10.5. The van der Waals surface area contributed by atoms with Gasteiger partial charge in [-0.2, -0.15) is 0 Å². The molecule has 0 saturated carbocycles. The number of hydrogen-bond donors (Lipinski definition) is 0. The lowest BCUT2D eigenvalue weighted by atomic mass is 10.1. The zero-order valence-electron chi connectivity index (χ0n) is 8.65. The summed E-state index contributed by atoms with van der Waals surface area (Å²) in [5.74, 6) is 0.836. The fourth-order valence-electron chi connectivity index (χ4n) is 1.15. The van der Waals surface area contributed by atoms with Crippen molar-refractivity contribution in [3.63, 3.8) is 0 Å². The first-order chi connectivity index (χ1) is 5.70. The third-order valence-electron chi connectivity index (χ3n) is 2.08. The van der Waals surface area contributed by atoms with E-state index < -0.39 is 0 Å². The highest BCUT2D eigenvalue weighted by Gasteiger charge is 2.02. The lowest BCUT2D eigenvalue weighted by Crippen LogP contribution is -2.26. The third kappa shape index (κ3) is 7.11. The van der Waals surface area contributed by atoms with Gasteiger partial charge in [0, 0.05) is 5.33 Å². The predicted octanol–water partition coefficient (Wildman–Crippen LogP) is 3.14. The van der Waals surface area contributed by atoms with Crippen molar-refractivity contribution in [1.29, 1.82) is 0 Å². The molecule has 0 aliphatic rings. The van der Waals surface area contributed by atoms with Crippen LogP contribution in [-0.2, 0) is 0 Å². The average Bonchev–Trinajstić information content (AvgIpc) is 2.05. The Labute approximate surface area is 85.7 Å². The molecule has 1 nitrogen and oxygen atoms in total. The molecular formula is C10H22BrN. The Morgan fingerprint density at radius 3 is 2.33 bits per heavy atom. The van der Waals surface area contributed by atoms with Crippen LogP contribution in [0.4, 0.5) is 0 Å². The zero-order chi connectivity index (χ0) is 9.40. The fourth-order valence-corrected chi connectivity index (χ4v) is 1.40. The van der Waals surface area contributed by atoms with E-state index in [4.69, 9.17) is 0 Å². The van der Waals surface area contributed by atoms with Gasteiger partial charge in [-0.25, -0.2) is 0 Å². The molecule has 0 rings (SSSR count). The molecule has 74 valence electrons. The molecule has 0 saturated heterocycles. The van der Waals surface area contributed by atoms with Gasteiger partial charge in [-0.15, -0.1) is 0 Å². The smallest absolute Gasteiger partial charge is 0.00434 e. The first-order valence-electron chi connectivity index (χ1n) is 4.99. The van der Waals surface area contributed by atoms with Gasteiger partial charge in [0.25, 0.3) is 0 Å². The van der Waals surface area contributed by atoms with Crippen molar-refractivity contribution in [3.8, 4) is 0 Å². The molecule has 0 spiro atoms. The predicted molar refractivity (Wildman–Crippen MR) is 60.0 cm³/mol. The molecule has 2 heteroatoms. The van der Waals surface area contributed by atoms with Crippen molar-refractivity contribution >= 4 is 15.9 Å². The summed E-state index contributed by atoms with van der Waals surface area (Å²) < 4.78 is 0. The van der Waals surface area contributed by atoms with E-state index in [9.17, 15) is 0 Å². The van der Waals surface area contributed by atoms with Gasteiger partial charge >= 0.3 is 0 Å². The minimum Gasteiger partial charge on any atom is -0.304 e. The van der Waals surface area contributed by atoms with Gasteiger partial charge in [0.05, 0.1) is 0 Å². The van der Waals surface area contributed by atoms with Crippen molar-refractivity contribution in [1.82, 2.24) is 4.90 Å². The third-order valence-corrected chi connectivity index (χ3v) is 2.64. The van der Waals surface area contributed by atoms with Gasteiger partial charge in [-0.3, -0.25) is 0 Å². The molecule has 0 atom stereocenters. The van der Waals surface area contributed by atoms with Gasteiger partial charge in [0.2, 0.25) is 0 Å². The summed E-state index contributed by atoms with van der Waals surface area (Å²) in [7, 11) is 0. The maximum absolute atomic E-state index is 3.46. The van der Waals surface area contributed by atoms with E-state index in [1.54, 1.807) is 0 Å². The van der Waals surface area contributed by atoms with Crippen LogP contribution in [0.25, 0.3) is 0 Å². The number of nitrogens with zero attached hydrogens (tertiary/aromatic N) is 1. The Morgan fingerprint density at radius 1 is 1.25 bits per heavy atom. The van der Waals surface area contributed by atoms with E-state index in [1.807, 2.05) is 0 Å². The van der Waals surface area contributed by atoms with Crippen molar-refractivity contribution in [2.75, 3.05) is 25.0 Å². The molecule has 0 aromatic rings. The van der Waals surface area contributed by atoms with Gasteiger partial charge in [0.15, 0.2) is 0 Å². The number of alkyl halides is 1. The second kappa shape index (κ2) is 8.06. The highest BCUT2D eigenvalue weighted by Crippen LogP contribution is 2.02. The molecule has 0 heterocycles. The number of halogens is 1. The standard InChI is InChI=1S/C10H22BrN/c1-4-12(8-5-7-11)9-6-10(2)3/h10H,4-9H2,1-3H3. The molecule has 0 amide bonds. The molecule has 0 aromatic carbocycles. The Kier molecular flexibility index (Phi) is 8.35. The van der Waals surface area contributed by atoms with Gasteiger partial charge in [0.1, 0.15) is 0 Å². The normalized spacial score (nSPS) is 11.5. The minimum atomic E-state index is 0.836. The Balaban J connectivity index is 3.39. The Morgan fingerprint density at radius 2 is 1.92 bits per heavy atom. The Bertz CT molecular complexity index is 93.8. The van der Waals surface area contributed by atoms with Crippen molar-refractivity contribution in [3.05, 3.63) is 0 Å². The van der Waals surface area contributed by atoms with E-state index in [1.165, 1.54) is 32.5 Å². The van der Waals surface area contributed by atoms with E-state index in [0.717, 1.165) is 11.2 Å². The van der Waals surface area contributed by atoms with E-state index in [0.29, 0.717) is 0 Å². The average molecular weight is 236 g/mol. The first-order valence-corrected chi connectivity index (χ1v) is 6.11. The van der Waals surface area contributed by atoms with Crippen molar-refractivity contribution < 1.29 is 0 Å². The van der Waals surface area contributed by atoms with Crippen molar-refractivity contribution in [2.45, 2.75) is 33.6 Å². The lowest BCUT2D eigenvalue weighted by Gasteiger charge is -2.20. The second-order valence-electron chi connectivity index (χ2n) is 3.66. The minimum absolute atomic E-state index is 0.836. The summed E-state index contributed by atoms with van der Waals surface area (Å²) in [5, 5.41) is 1.13. The second-order valence-corrected chi connectivity index (χ2v) is 4.45. The molecule has 0 aliphatic carbocycles. The number of hydrogen-bond acceptors (Lipinski definition) is 1. The van der Waals surface area contributed by atoms with Crippen molar-refractivity contribution in [2.24, 2.45) is 5.92 Å². The molecule has 0 aliphatic heterocycles. The topological polar surface area (TPSA) is 3.24 Å². The molecule has 0 aromatic heterocycles. The summed E-state index contributed by atoms with van der Waals surface area (Å²) in [6.07, 6.45) is 2.60. The summed E-state index contributed by atoms with van der Waals surface area (Å²) in [4.78, 5) is 2.53. The monoisotopic (exact) mass is 235 g/mol. The van der Waals surface area contributed by atoms with Crippen LogP contribution in [0.1, 0.15) is 33.6 Å². The maximum Gasteiger partial charge on any atom is 0.00434 e.